The van der Waals surface area contributed by atoms with Crippen molar-refractivity contribution in [2.24, 2.45) is 0 Å². The summed E-state index contributed by atoms with van der Waals surface area (Å²) in [5, 5.41) is 11.7. The van der Waals surface area contributed by atoms with Crippen LogP contribution in [-0.2, 0) is 16.0 Å². The average molecular weight is 476 g/mol. The Hall–Kier alpha value is -3.92. The second-order valence-electron chi connectivity index (χ2n) is 8.12. The molecule has 0 saturated carbocycles. The van der Waals surface area contributed by atoms with Gasteiger partial charge >= 0.3 is 0 Å². The fourth-order valence-corrected chi connectivity index (χ4v) is 5.16. The van der Waals surface area contributed by atoms with Gasteiger partial charge in [-0.25, -0.2) is 0 Å². The monoisotopic (exact) mass is 475 g/mol. The average Bonchev–Trinajstić information content (AvgIpc) is 3.53. The van der Waals surface area contributed by atoms with Crippen molar-refractivity contribution < 1.29 is 19.2 Å². The molecule has 2 aliphatic rings. The zero-order chi connectivity index (χ0) is 23.8. The molecule has 2 aromatic carbocycles. The van der Waals surface area contributed by atoms with Gasteiger partial charge in [0.05, 0.1) is 11.1 Å². The van der Waals surface area contributed by atoms with Crippen LogP contribution in [0.25, 0.3) is 0 Å². The van der Waals surface area contributed by atoms with Crippen LogP contribution in [0, 0.1) is 0 Å². The normalized spacial score (nSPS) is 17.4. The number of anilines is 2. The van der Waals surface area contributed by atoms with E-state index in [1.54, 1.807) is 29.2 Å². The Morgan fingerprint density at radius 2 is 1.71 bits per heavy atom. The van der Waals surface area contributed by atoms with E-state index in [9.17, 15) is 19.2 Å². The standard InChI is InChI=1S/C24H21N5O4S/c1-2-14-7-3-6-10-18(14)28-12-15(11-20(28)31)21-26-27-24(34-21)25-19(30)13-29-22(32)16-8-4-5-9-17(16)23(29)33/h3-10,15H,2,11-13H2,1H3,(H,25,27,30). The summed E-state index contributed by atoms with van der Waals surface area (Å²) in [5.41, 5.74) is 2.60. The third kappa shape index (κ3) is 3.86. The Kier molecular flexibility index (Phi) is 5.66. The summed E-state index contributed by atoms with van der Waals surface area (Å²) in [7, 11) is 0. The summed E-state index contributed by atoms with van der Waals surface area (Å²) in [6.07, 6.45) is 1.14. The Morgan fingerprint density at radius 1 is 1.03 bits per heavy atom. The smallest absolute Gasteiger partial charge is 0.262 e. The van der Waals surface area contributed by atoms with Crippen LogP contribution in [-0.4, -0.2) is 51.8 Å². The first-order valence-electron chi connectivity index (χ1n) is 10.9. The molecule has 4 amide bonds. The highest BCUT2D eigenvalue weighted by Gasteiger charge is 2.37. The SMILES string of the molecule is CCc1ccccc1N1CC(c2nnc(NC(=O)CN3C(=O)c4ccccc4C3=O)s2)CC1=O. The number of benzene rings is 2. The van der Waals surface area contributed by atoms with E-state index in [1.807, 2.05) is 24.3 Å². The van der Waals surface area contributed by atoms with E-state index in [4.69, 9.17) is 0 Å². The minimum absolute atomic E-state index is 0.0253. The number of hydrogen-bond donors (Lipinski definition) is 1. The first kappa shape index (κ1) is 21.9. The Bertz CT molecular complexity index is 1280. The summed E-state index contributed by atoms with van der Waals surface area (Å²) < 4.78 is 0. The van der Waals surface area contributed by atoms with Crippen molar-refractivity contribution in [3.63, 3.8) is 0 Å². The molecule has 1 aromatic heterocycles. The molecule has 3 aromatic rings. The van der Waals surface area contributed by atoms with Crippen molar-refractivity contribution in [3.8, 4) is 0 Å². The van der Waals surface area contributed by atoms with Gasteiger partial charge in [-0.3, -0.25) is 29.4 Å². The van der Waals surface area contributed by atoms with Crippen molar-refractivity contribution in [1.29, 1.82) is 0 Å². The van der Waals surface area contributed by atoms with E-state index in [2.05, 4.69) is 22.4 Å². The lowest BCUT2D eigenvalue weighted by molar-refractivity contribution is -0.117. The third-order valence-electron chi connectivity index (χ3n) is 6.00. The van der Waals surface area contributed by atoms with Crippen molar-refractivity contribution in [2.75, 3.05) is 23.3 Å². The Balaban J connectivity index is 1.24. The molecule has 1 atom stereocenters. The Labute approximate surface area is 199 Å². The molecule has 1 unspecified atom stereocenters. The second kappa shape index (κ2) is 8.79. The molecule has 10 heteroatoms. The quantitative estimate of drug-likeness (QED) is 0.549. The number of amides is 4. The molecular formula is C24H21N5O4S. The maximum atomic E-state index is 12.7. The van der Waals surface area contributed by atoms with Gasteiger partial charge in [0.25, 0.3) is 11.8 Å². The van der Waals surface area contributed by atoms with Crippen LogP contribution < -0.4 is 10.2 Å². The van der Waals surface area contributed by atoms with Gasteiger partial charge in [0.2, 0.25) is 16.9 Å². The number of rotatable bonds is 6. The van der Waals surface area contributed by atoms with Gasteiger partial charge in [0.15, 0.2) is 0 Å². The first-order chi connectivity index (χ1) is 16.5. The lowest BCUT2D eigenvalue weighted by Crippen LogP contribution is -2.37. The lowest BCUT2D eigenvalue weighted by Gasteiger charge is -2.19. The van der Waals surface area contributed by atoms with Crippen LogP contribution in [0.5, 0.6) is 0 Å². The van der Waals surface area contributed by atoms with Gasteiger partial charge in [-0.2, -0.15) is 0 Å². The van der Waals surface area contributed by atoms with Gasteiger partial charge in [-0.1, -0.05) is 48.6 Å². The van der Waals surface area contributed by atoms with Gasteiger partial charge in [0.1, 0.15) is 11.6 Å². The van der Waals surface area contributed by atoms with Gasteiger partial charge in [-0.05, 0) is 30.2 Å². The molecule has 1 N–H and O–H groups in total. The lowest BCUT2D eigenvalue weighted by atomic mass is 10.1. The van der Waals surface area contributed by atoms with Crippen LogP contribution in [0.4, 0.5) is 10.8 Å². The van der Waals surface area contributed by atoms with Crippen LogP contribution >= 0.6 is 11.3 Å². The van der Waals surface area contributed by atoms with E-state index in [-0.39, 0.29) is 17.0 Å². The van der Waals surface area contributed by atoms with Crippen molar-refractivity contribution >= 4 is 45.8 Å². The van der Waals surface area contributed by atoms with Gasteiger partial charge in [0, 0.05) is 24.6 Å². The number of para-hydroxylation sites is 1. The van der Waals surface area contributed by atoms with E-state index in [0.717, 1.165) is 22.6 Å². The summed E-state index contributed by atoms with van der Waals surface area (Å²) in [6, 6.07) is 14.3. The fraction of sp³-hybridized carbons (Fsp3) is 0.250. The molecule has 5 rings (SSSR count). The van der Waals surface area contributed by atoms with Crippen molar-refractivity contribution in [3.05, 3.63) is 70.2 Å². The number of carbonyl (C=O) groups excluding carboxylic acids is 4. The predicted octanol–water partition coefficient (Wildman–Crippen LogP) is 2.86. The number of carbonyl (C=O) groups is 4. The third-order valence-corrected chi connectivity index (χ3v) is 7.01. The molecule has 3 heterocycles. The number of aromatic nitrogens is 2. The highest BCUT2D eigenvalue weighted by molar-refractivity contribution is 7.15. The van der Waals surface area contributed by atoms with Gasteiger partial charge < -0.3 is 4.90 Å². The largest absolute Gasteiger partial charge is 0.311 e. The maximum Gasteiger partial charge on any atom is 0.262 e. The fourth-order valence-electron chi connectivity index (χ4n) is 4.31. The summed E-state index contributed by atoms with van der Waals surface area (Å²) >= 11 is 1.19. The van der Waals surface area contributed by atoms with Gasteiger partial charge in [-0.15, -0.1) is 10.2 Å². The first-order valence-corrected chi connectivity index (χ1v) is 11.7. The predicted molar refractivity (Wildman–Crippen MR) is 126 cm³/mol. The minimum Gasteiger partial charge on any atom is -0.311 e. The zero-order valence-electron chi connectivity index (χ0n) is 18.4. The molecule has 0 spiro atoms. The number of fused-ring (bicyclic) bond motifs is 1. The Morgan fingerprint density at radius 3 is 2.41 bits per heavy atom. The van der Waals surface area contributed by atoms with Crippen LogP contribution in [0.15, 0.2) is 48.5 Å². The van der Waals surface area contributed by atoms with E-state index in [1.165, 1.54) is 11.3 Å². The molecule has 1 saturated heterocycles. The number of imide groups is 1. The second-order valence-corrected chi connectivity index (χ2v) is 9.13. The van der Waals surface area contributed by atoms with E-state index < -0.39 is 24.3 Å². The highest BCUT2D eigenvalue weighted by Crippen LogP contribution is 2.35. The molecular weight excluding hydrogens is 454 g/mol. The number of hydrogen-bond acceptors (Lipinski definition) is 7. The molecule has 0 radical (unpaired) electrons. The molecule has 0 bridgehead atoms. The number of nitrogens with one attached hydrogen (secondary N) is 1. The molecule has 1 fully saturated rings. The molecule has 0 aliphatic carbocycles. The molecule has 172 valence electrons. The number of nitrogens with zero attached hydrogens (tertiary/aromatic N) is 4. The summed E-state index contributed by atoms with van der Waals surface area (Å²) in [4.78, 5) is 52.8. The van der Waals surface area contributed by atoms with E-state index in [0.29, 0.717) is 29.1 Å². The van der Waals surface area contributed by atoms with Crippen LogP contribution in [0.3, 0.4) is 0 Å². The molecule has 9 nitrogen and oxygen atoms in total. The zero-order valence-corrected chi connectivity index (χ0v) is 19.2. The minimum atomic E-state index is -0.543. The number of aryl methyl sites for hydroxylation is 1. The van der Waals surface area contributed by atoms with Crippen molar-refractivity contribution in [1.82, 2.24) is 15.1 Å². The summed E-state index contributed by atoms with van der Waals surface area (Å²) in [5.74, 6) is -1.64. The summed E-state index contributed by atoms with van der Waals surface area (Å²) in [6.45, 7) is 2.14. The van der Waals surface area contributed by atoms with E-state index >= 15 is 0 Å². The highest BCUT2D eigenvalue weighted by atomic mass is 32.1. The van der Waals surface area contributed by atoms with Crippen LogP contribution in [0.1, 0.15) is 50.5 Å². The topological polar surface area (TPSA) is 113 Å². The van der Waals surface area contributed by atoms with Crippen molar-refractivity contribution in [2.45, 2.75) is 25.7 Å². The molecule has 2 aliphatic heterocycles. The van der Waals surface area contributed by atoms with Crippen LogP contribution in [0.2, 0.25) is 0 Å². The molecule has 34 heavy (non-hydrogen) atoms. The maximum absolute atomic E-state index is 12.7.